The monoisotopic (exact) mass is 374 g/mol. The number of aromatic nitrogens is 2. The summed E-state index contributed by atoms with van der Waals surface area (Å²) < 4.78 is 10.7. The third-order valence-electron chi connectivity index (χ3n) is 4.44. The molecule has 0 spiro atoms. The van der Waals surface area contributed by atoms with Crippen molar-refractivity contribution in [1.29, 1.82) is 0 Å². The van der Waals surface area contributed by atoms with Gasteiger partial charge in [-0.2, -0.15) is 4.98 Å². The quantitative estimate of drug-likeness (QED) is 0.473. The smallest absolute Gasteiger partial charge is 0.225 e. The van der Waals surface area contributed by atoms with Gasteiger partial charge in [0.2, 0.25) is 5.95 Å². The van der Waals surface area contributed by atoms with E-state index >= 15 is 0 Å². The van der Waals surface area contributed by atoms with E-state index in [-0.39, 0.29) is 0 Å². The number of nitrogens with one attached hydrogen (secondary N) is 2. The summed E-state index contributed by atoms with van der Waals surface area (Å²) in [6, 6.07) is 19.8. The first-order valence-corrected chi connectivity index (χ1v) is 9.21. The lowest BCUT2D eigenvalue weighted by atomic mass is 10.1. The second-order valence-electron chi connectivity index (χ2n) is 6.37. The fourth-order valence-corrected chi connectivity index (χ4v) is 3.02. The maximum Gasteiger partial charge on any atom is 0.225 e. The van der Waals surface area contributed by atoms with Gasteiger partial charge in [0.05, 0.1) is 25.4 Å². The zero-order chi connectivity index (χ0) is 19.2. The van der Waals surface area contributed by atoms with Crippen molar-refractivity contribution >= 4 is 22.7 Å². The molecule has 142 valence electrons. The first-order chi connectivity index (χ1) is 13.8. The van der Waals surface area contributed by atoms with Gasteiger partial charge in [-0.05, 0) is 48.4 Å². The maximum absolute atomic E-state index is 5.40. The molecule has 0 saturated carbocycles. The van der Waals surface area contributed by atoms with Crippen LogP contribution < -0.4 is 15.4 Å². The van der Waals surface area contributed by atoms with Crippen LogP contribution in [0, 0.1) is 0 Å². The SMILES string of the molecule is COc1cccc(CCNc2nc(NCc3ccco3)c3ccccc3n2)c1. The molecular weight excluding hydrogens is 352 g/mol. The highest BCUT2D eigenvalue weighted by atomic mass is 16.5. The van der Waals surface area contributed by atoms with Gasteiger partial charge in [-0.1, -0.05) is 24.3 Å². The average molecular weight is 374 g/mol. The van der Waals surface area contributed by atoms with Gasteiger partial charge in [0.1, 0.15) is 17.3 Å². The van der Waals surface area contributed by atoms with Crippen molar-refractivity contribution in [3.8, 4) is 5.75 Å². The Hall–Kier alpha value is -3.54. The van der Waals surface area contributed by atoms with E-state index in [1.54, 1.807) is 13.4 Å². The topological polar surface area (TPSA) is 72.2 Å². The van der Waals surface area contributed by atoms with Crippen LogP contribution in [0.4, 0.5) is 11.8 Å². The molecule has 0 fully saturated rings. The van der Waals surface area contributed by atoms with Crippen molar-refractivity contribution in [3.63, 3.8) is 0 Å². The largest absolute Gasteiger partial charge is 0.497 e. The Morgan fingerprint density at radius 2 is 1.89 bits per heavy atom. The highest BCUT2D eigenvalue weighted by Gasteiger charge is 2.08. The molecule has 0 aliphatic rings. The van der Waals surface area contributed by atoms with Gasteiger partial charge in [-0.3, -0.25) is 0 Å². The molecular formula is C22H22N4O2. The molecule has 28 heavy (non-hydrogen) atoms. The van der Waals surface area contributed by atoms with Gasteiger partial charge >= 0.3 is 0 Å². The number of furan rings is 1. The first-order valence-electron chi connectivity index (χ1n) is 9.21. The lowest BCUT2D eigenvalue weighted by molar-refractivity contribution is 0.414. The van der Waals surface area contributed by atoms with E-state index in [1.807, 2.05) is 54.6 Å². The van der Waals surface area contributed by atoms with Crippen LogP contribution in [0.25, 0.3) is 10.9 Å². The van der Waals surface area contributed by atoms with Crippen LogP contribution in [0.2, 0.25) is 0 Å². The summed E-state index contributed by atoms with van der Waals surface area (Å²) >= 11 is 0. The zero-order valence-electron chi connectivity index (χ0n) is 15.7. The van der Waals surface area contributed by atoms with E-state index in [1.165, 1.54) is 5.56 Å². The summed E-state index contributed by atoms with van der Waals surface area (Å²) in [6.45, 7) is 1.29. The Bertz CT molecular complexity index is 1050. The zero-order valence-corrected chi connectivity index (χ0v) is 15.7. The molecule has 6 nitrogen and oxygen atoms in total. The van der Waals surface area contributed by atoms with Gasteiger partial charge in [-0.15, -0.1) is 0 Å². The Kier molecular flexibility index (Phi) is 5.38. The number of anilines is 2. The second kappa shape index (κ2) is 8.43. The van der Waals surface area contributed by atoms with Crippen LogP contribution in [-0.4, -0.2) is 23.6 Å². The highest BCUT2D eigenvalue weighted by molar-refractivity contribution is 5.89. The van der Waals surface area contributed by atoms with E-state index in [4.69, 9.17) is 9.15 Å². The van der Waals surface area contributed by atoms with Gasteiger partial charge in [0.15, 0.2) is 0 Å². The van der Waals surface area contributed by atoms with E-state index in [9.17, 15) is 0 Å². The molecule has 0 bridgehead atoms. The first kappa shape index (κ1) is 17.9. The van der Waals surface area contributed by atoms with Crippen LogP contribution in [-0.2, 0) is 13.0 Å². The van der Waals surface area contributed by atoms with Crippen LogP contribution in [0.1, 0.15) is 11.3 Å². The number of hydrogen-bond donors (Lipinski definition) is 2. The second-order valence-corrected chi connectivity index (χ2v) is 6.37. The van der Waals surface area contributed by atoms with Crippen molar-refractivity contribution in [2.24, 2.45) is 0 Å². The number of nitrogens with zero attached hydrogens (tertiary/aromatic N) is 2. The van der Waals surface area contributed by atoms with Crippen molar-refractivity contribution in [2.75, 3.05) is 24.3 Å². The number of fused-ring (bicyclic) bond motifs is 1. The average Bonchev–Trinajstić information content (AvgIpc) is 3.26. The van der Waals surface area contributed by atoms with Crippen LogP contribution >= 0.6 is 0 Å². The minimum Gasteiger partial charge on any atom is -0.497 e. The third kappa shape index (κ3) is 4.23. The molecule has 0 saturated heterocycles. The number of ether oxygens (including phenoxy) is 1. The van der Waals surface area contributed by atoms with Crippen LogP contribution in [0.15, 0.2) is 71.3 Å². The van der Waals surface area contributed by atoms with Crippen molar-refractivity contribution in [2.45, 2.75) is 13.0 Å². The van der Waals surface area contributed by atoms with Crippen molar-refractivity contribution < 1.29 is 9.15 Å². The Balaban J connectivity index is 1.48. The summed E-state index contributed by atoms with van der Waals surface area (Å²) in [4.78, 5) is 9.30. The fourth-order valence-electron chi connectivity index (χ4n) is 3.02. The standard InChI is InChI=1S/C22H22N4O2/c1-27-17-7-4-6-16(14-17)11-12-23-22-25-20-10-3-2-9-19(20)21(26-22)24-15-18-8-5-13-28-18/h2-10,13-14H,11-12,15H2,1H3,(H2,23,24,25,26). The molecule has 2 heterocycles. The number of rotatable bonds is 8. The normalized spacial score (nSPS) is 10.8. The van der Waals surface area contributed by atoms with Gasteiger partial charge < -0.3 is 19.8 Å². The summed E-state index contributed by atoms with van der Waals surface area (Å²) in [5, 5.41) is 7.66. The number of methoxy groups -OCH3 is 1. The lowest BCUT2D eigenvalue weighted by Crippen LogP contribution is -2.10. The molecule has 4 rings (SSSR count). The minimum absolute atomic E-state index is 0.567. The molecule has 2 aromatic heterocycles. The molecule has 0 aliphatic carbocycles. The minimum atomic E-state index is 0.567. The van der Waals surface area contributed by atoms with Crippen LogP contribution in [0.3, 0.4) is 0 Å². The number of benzene rings is 2. The third-order valence-corrected chi connectivity index (χ3v) is 4.44. The number of para-hydroxylation sites is 1. The van der Waals surface area contributed by atoms with Crippen molar-refractivity contribution in [3.05, 3.63) is 78.3 Å². The van der Waals surface area contributed by atoms with Crippen molar-refractivity contribution in [1.82, 2.24) is 9.97 Å². The van der Waals surface area contributed by atoms with E-state index in [2.05, 4.69) is 26.7 Å². The molecule has 2 aromatic carbocycles. The van der Waals surface area contributed by atoms with E-state index in [0.717, 1.165) is 41.2 Å². The van der Waals surface area contributed by atoms with Crippen LogP contribution in [0.5, 0.6) is 5.75 Å². The molecule has 0 amide bonds. The predicted molar refractivity (Wildman–Crippen MR) is 111 cm³/mol. The summed E-state index contributed by atoms with van der Waals surface area (Å²) in [5.74, 6) is 3.11. The van der Waals surface area contributed by atoms with E-state index in [0.29, 0.717) is 12.5 Å². The number of hydrogen-bond acceptors (Lipinski definition) is 6. The molecule has 2 N–H and O–H groups in total. The molecule has 0 atom stereocenters. The van der Waals surface area contributed by atoms with E-state index < -0.39 is 0 Å². The van der Waals surface area contributed by atoms with Gasteiger partial charge in [0, 0.05) is 11.9 Å². The molecule has 6 heteroatoms. The van der Waals surface area contributed by atoms with Gasteiger partial charge in [-0.25, -0.2) is 4.98 Å². The lowest BCUT2D eigenvalue weighted by Gasteiger charge is -2.11. The summed E-state index contributed by atoms with van der Waals surface area (Å²) in [6.07, 6.45) is 2.52. The highest BCUT2D eigenvalue weighted by Crippen LogP contribution is 2.22. The molecule has 0 aliphatic heterocycles. The Morgan fingerprint density at radius 3 is 2.75 bits per heavy atom. The predicted octanol–water partition coefficient (Wildman–Crippen LogP) is 4.50. The van der Waals surface area contributed by atoms with Gasteiger partial charge in [0.25, 0.3) is 0 Å². The molecule has 0 unspecified atom stereocenters. The Labute approximate surface area is 163 Å². The molecule has 4 aromatic rings. The fraction of sp³-hybridized carbons (Fsp3) is 0.182. The maximum atomic E-state index is 5.40. The Morgan fingerprint density at radius 1 is 0.964 bits per heavy atom. The molecule has 0 radical (unpaired) electrons. The summed E-state index contributed by atoms with van der Waals surface area (Å²) in [7, 11) is 1.68. The summed E-state index contributed by atoms with van der Waals surface area (Å²) in [5.41, 5.74) is 2.09.